The van der Waals surface area contributed by atoms with E-state index in [2.05, 4.69) is 39.0 Å². The Labute approximate surface area is 162 Å². The number of hydrogen-bond acceptors (Lipinski definition) is 0. The predicted octanol–water partition coefficient (Wildman–Crippen LogP) is -4.09. The van der Waals surface area contributed by atoms with Crippen LogP contribution in [0.2, 0.25) is 0 Å². The van der Waals surface area contributed by atoms with E-state index in [1.807, 2.05) is 0 Å². The molecule has 3 aliphatic rings. The summed E-state index contributed by atoms with van der Waals surface area (Å²) in [7, 11) is 0. The molecule has 0 heterocycles. The van der Waals surface area contributed by atoms with E-state index in [0.29, 0.717) is 5.41 Å². The molecule has 3 rings (SSSR count). The van der Waals surface area contributed by atoms with E-state index >= 15 is 0 Å². The van der Waals surface area contributed by atoms with E-state index in [-0.39, 0.29) is 58.9 Å². The summed E-state index contributed by atoms with van der Waals surface area (Å²) >= 11 is 0. The van der Waals surface area contributed by atoms with Gasteiger partial charge >= 0.3 is 21.7 Å². The second-order valence-corrected chi connectivity index (χ2v) is 5.68. The Hall–Kier alpha value is 0.544. The van der Waals surface area contributed by atoms with Gasteiger partial charge in [0.1, 0.15) is 0 Å². The number of unbranched alkanes of at least 4 members (excludes halogenated alkanes) is 1. The zero-order valence-corrected chi connectivity index (χ0v) is 16.7. The largest absolute Gasteiger partial charge is 4.00 e. The van der Waals surface area contributed by atoms with Gasteiger partial charge in [-0.1, -0.05) is 56.4 Å². The van der Waals surface area contributed by atoms with Crippen LogP contribution in [-0.4, -0.2) is 0 Å². The van der Waals surface area contributed by atoms with Crippen LogP contribution in [0.3, 0.4) is 0 Å². The third-order valence-electron chi connectivity index (χ3n) is 4.65. The molecule has 4 heteroatoms. The molecule has 0 aliphatic heterocycles. The zero-order valence-electron chi connectivity index (χ0n) is 12.8. The van der Waals surface area contributed by atoms with E-state index in [1.54, 1.807) is 16.7 Å². The Bertz CT molecular complexity index is 500. The maximum absolute atomic E-state index is 3.54. The van der Waals surface area contributed by atoms with Gasteiger partial charge in [0, 0.05) is 0 Å². The van der Waals surface area contributed by atoms with Crippen molar-refractivity contribution in [1.29, 1.82) is 0 Å². The van der Waals surface area contributed by atoms with Crippen molar-refractivity contribution in [2.75, 3.05) is 0 Å². The summed E-state index contributed by atoms with van der Waals surface area (Å²) in [5.41, 5.74) is 8.26. The van der Waals surface area contributed by atoms with Crippen LogP contribution < -0.4 is 37.2 Å². The summed E-state index contributed by atoms with van der Waals surface area (Å²) in [4.78, 5) is 0. The Morgan fingerprint density at radius 2 is 1.81 bits per heavy atom. The van der Waals surface area contributed by atoms with Crippen LogP contribution in [0.15, 0.2) is 40.0 Å². The zero-order chi connectivity index (χ0) is 12.0. The fraction of sp³-hybridized carbons (Fsp3) is 0.529. The monoisotopic (exact) mass is 378 g/mol. The van der Waals surface area contributed by atoms with Gasteiger partial charge in [0.15, 0.2) is 0 Å². The molecule has 1 unspecified atom stereocenters. The summed E-state index contributed by atoms with van der Waals surface area (Å²) in [6.07, 6.45) is 14.5. The van der Waals surface area contributed by atoms with Crippen LogP contribution in [0, 0.1) is 11.5 Å². The maximum atomic E-state index is 3.54. The van der Waals surface area contributed by atoms with E-state index < -0.39 is 0 Å². The van der Waals surface area contributed by atoms with Crippen molar-refractivity contribution in [3.8, 4) is 0 Å². The number of rotatable bonds is 3. The van der Waals surface area contributed by atoms with Crippen LogP contribution >= 0.6 is 0 Å². The molecular formula is C17H21Cl3Ti. The smallest absolute Gasteiger partial charge is 1.00 e. The van der Waals surface area contributed by atoms with E-state index in [0.717, 1.165) is 6.42 Å². The van der Waals surface area contributed by atoms with Gasteiger partial charge in [0.05, 0.1) is 0 Å². The first-order valence-electron chi connectivity index (χ1n) is 6.90. The maximum Gasteiger partial charge on any atom is 4.00 e. The molecule has 0 aromatic rings. The number of allylic oxidation sites excluding steroid dienone is 8. The summed E-state index contributed by atoms with van der Waals surface area (Å²) in [6, 6.07) is 0. The molecule has 0 aromatic heterocycles. The molecule has 0 radical (unpaired) electrons. The van der Waals surface area contributed by atoms with Crippen molar-refractivity contribution in [3.05, 3.63) is 46.1 Å². The standard InChI is InChI=1S/C17H21.3ClH.Ti/c1-4-5-10-17-11-6-7-12(2)15(17)14-9-8-13(3)16(14)17;;;;/h6-7H,4-5,9-11H2,1-3H3;3*1H;/q-1;;;;+4/p-3. The van der Waals surface area contributed by atoms with Gasteiger partial charge in [-0.3, -0.25) is 6.08 Å². The van der Waals surface area contributed by atoms with Crippen molar-refractivity contribution >= 4 is 0 Å². The summed E-state index contributed by atoms with van der Waals surface area (Å²) < 4.78 is 0. The quantitative estimate of drug-likeness (QED) is 0.346. The summed E-state index contributed by atoms with van der Waals surface area (Å²) in [5.74, 6) is 0. The van der Waals surface area contributed by atoms with Gasteiger partial charge in [-0.15, -0.1) is 12.0 Å². The SMILES string of the molecule is CCCCC12CC=CC(C)=C1C1=C2C(C)=[C-]C1.[Cl-].[Cl-].[Cl-].[Ti+4]. The van der Waals surface area contributed by atoms with Crippen molar-refractivity contribution < 1.29 is 58.9 Å². The van der Waals surface area contributed by atoms with Crippen molar-refractivity contribution in [1.82, 2.24) is 0 Å². The molecule has 0 bridgehead atoms. The minimum atomic E-state index is 0. The van der Waals surface area contributed by atoms with Gasteiger partial charge < -0.3 is 37.2 Å². The Balaban J connectivity index is 0. The minimum absolute atomic E-state index is 0. The van der Waals surface area contributed by atoms with Gasteiger partial charge in [-0.25, -0.2) is 5.57 Å². The van der Waals surface area contributed by atoms with Gasteiger partial charge in [0.25, 0.3) is 0 Å². The fourth-order valence-corrected chi connectivity index (χ4v) is 4.01. The van der Waals surface area contributed by atoms with Crippen LogP contribution in [0.4, 0.5) is 0 Å². The second kappa shape index (κ2) is 8.99. The van der Waals surface area contributed by atoms with Crippen molar-refractivity contribution in [2.24, 2.45) is 5.41 Å². The first-order chi connectivity index (χ1) is 8.20. The van der Waals surface area contributed by atoms with Gasteiger partial charge in [0.2, 0.25) is 0 Å². The van der Waals surface area contributed by atoms with E-state index in [9.17, 15) is 0 Å². The van der Waals surface area contributed by atoms with Crippen LogP contribution in [-0.2, 0) is 21.7 Å². The van der Waals surface area contributed by atoms with Crippen LogP contribution in [0.25, 0.3) is 0 Å². The number of halogens is 3. The van der Waals surface area contributed by atoms with E-state index in [4.69, 9.17) is 0 Å². The molecule has 0 saturated carbocycles. The average Bonchev–Trinajstić information content (AvgIpc) is 2.61. The molecule has 0 spiro atoms. The summed E-state index contributed by atoms with van der Waals surface area (Å²) in [6.45, 7) is 6.83. The second-order valence-electron chi connectivity index (χ2n) is 5.68. The summed E-state index contributed by atoms with van der Waals surface area (Å²) in [5, 5.41) is 0. The third kappa shape index (κ3) is 3.41. The van der Waals surface area contributed by atoms with Crippen molar-refractivity contribution in [3.63, 3.8) is 0 Å². The molecule has 0 fully saturated rings. The molecule has 0 amide bonds. The molecule has 0 N–H and O–H groups in total. The molecule has 3 aliphatic carbocycles. The van der Waals surface area contributed by atoms with Gasteiger partial charge in [-0.2, -0.15) is 5.57 Å². The van der Waals surface area contributed by atoms with Gasteiger partial charge in [-0.05, 0) is 18.8 Å². The molecular weight excluding hydrogens is 358 g/mol. The Kier molecular flexibility index (Phi) is 10.2. The molecule has 21 heavy (non-hydrogen) atoms. The molecule has 0 nitrogen and oxygen atoms in total. The molecule has 1 atom stereocenters. The molecule has 114 valence electrons. The topological polar surface area (TPSA) is 0 Å². The fourth-order valence-electron chi connectivity index (χ4n) is 4.01. The predicted molar refractivity (Wildman–Crippen MR) is 72.5 cm³/mol. The normalized spacial score (nSPS) is 24.4. The minimum Gasteiger partial charge on any atom is -1.00 e. The third-order valence-corrected chi connectivity index (χ3v) is 4.65. The van der Waals surface area contributed by atoms with Crippen LogP contribution in [0.5, 0.6) is 0 Å². The first kappa shape index (κ1) is 23.8. The van der Waals surface area contributed by atoms with Crippen molar-refractivity contribution in [2.45, 2.75) is 52.9 Å². The Morgan fingerprint density at radius 3 is 2.43 bits per heavy atom. The van der Waals surface area contributed by atoms with Crippen LogP contribution in [0.1, 0.15) is 52.9 Å². The molecule has 0 aromatic carbocycles. The number of hydrogen-bond donors (Lipinski definition) is 0. The average molecular weight is 380 g/mol. The Morgan fingerprint density at radius 1 is 1.14 bits per heavy atom. The van der Waals surface area contributed by atoms with E-state index in [1.165, 1.54) is 36.8 Å². The molecule has 0 saturated heterocycles. The first-order valence-corrected chi connectivity index (χ1v) is 6.90. The number of fused-ring (bicyclic) bond motifs is 3.